The first-order valence-corrected chi connectivity index (χ1v) is 5.38. The molecular formula is C11H20ClNO. The molecule has 0 bridgehead atoms. The van der Waals surface area contributed by atoms with E-state index in [1.54, 1.807) is 4.90 Å². The second-order valence-electron chi connectivity index (χ2n) is 4.29. The van der Waals surface area contributed by atoms with Gasteiger partial charge in [-0.25, -0.2) is 0 Å². The van der Waals surface area contributed by atoms with Crippen LogP contribution in [0.1, 0.15) is 27.7 Å². The molecule has 0 aromatic carbocycles. The third kappa shape index (κ3) is 3.70. The van der Waals surface area contributed by atoms with Gasteiger partial charge in [0, 0.05) is 19.0 Å². The molecule has 0 aromatic heterocycles. The molecule has 2 nitrogen and oxygen atoms in total. The molecule has 0 heterocycles. The Morgan fingerprint density at radius 2 is 2.00 bits per heavy atom. The van der Waals surface area contributed by atoms with Crippen molar-refractivity contribution in [1.82, 2.24) is 4.90 Å². The minimum atomic E-state index is -0.479. The fourth-order valence-corrected chi connectivity index (χ4v) is 1.25. The molecule has 0 atom stereocenters. The Kier molecular flexibility index (Phi) is 5.21. The maximum absolute atomic E-state index is 12.0. The van der Waals surface area contributed by atoms with Gasteiger partial charge in [0.2, 0.25) is 5.91 Å². The third-order valence-electron chi connectivity index (χ3n) is 2.04. The van der Waals surface area contributed by atoms with E-state index in [9.17, 15) is 4.79 Å². The van der Waals surface area contributed by atoms with Crippen molar-refractivity contribution in [2.45, 2.75) is 27.7 Å². The van der Waals surface area contributed by atoms with Crippen molar-refractivity contribution >= 4 is 17.5 Å². The number of carbonyl (C=O) groups is 1. The summed E-state index contributed by atoms with van der Waals surface area (Å²) in [6.45, 7) is 12.7. The van der Waals surface area contributed by atoms with Crippen molar-refractivity contribution < 1.29 is 4.79 Å². The summed E-state index contributed by atoms with van der Waals surface area (Å²) in [6, 6.07) is 0. The van der Waals surface area contributed by atoms with Crippen LogP contribution in [0.25, 0.3) is 0 Å². The standard InChI is InChI=1S/C11H20ClNO/c1-6-13(7-9(2)3)10(14)11(4,5)8-12/h2,6-8H2,1,3-5H3. The van der Waals surface area contributed by atoms with Gasteiger partial charge in [0.25, 0.3) is 0 Å². The Balaban J connectivity index is 4.54. The highest BCUT2D eigenvalue weighted by molar-refractivity contribution is 6.19. The van der Waals surface area contributed by atoms with Crippen LogP contribution in [0.4, 0.5) is 0 Å². The largest absolute Gasteiger partial charge is 0.339 e. The molecule has 0 aliphatic rings. The molecule has 1 amide bonds. The molecular weight excluding hydrogens is 198 g/mol. The zero-order chi connectivity index (χ0) is 11.4. The zero-order valence-electron chi connectivity index (χ0n) is 9.56. The number of hydrogen-bond donors (Lipinski definition) is 0. The van der Waals surface area contributed by atoms with Crippen LogP contribution in [0.3, 0.4) is 0 Å². The van der Waals surface area contributed by atoms with E-state index in [0.717, 1.165) is 5.57 Å². The van der Waals surface area contributed by atoms with Crippen LogP contribution in [0.2, 0.25) is 0 Å². The number of rotatable bonds is 5. The fourth-order valence-electron chi connectivity index (χ4n) is 1.14. The lowest BCUT2D eigenvalue weighted by Crippen LogP contribution is -2.42. The van der Waals surface area contributed by atoms with E-state index >= 15 is 0 Å². The minimum absolute atomic E-state index is 0.0954. The van der Waals surface area contributed by atoms with Gasteiger partial charge in [-0.15, -0.1) is 11.6 Å². The van der Waals surface area contributed by atoms with E-state index in [4.69, 9.17) is 11.6 Å². The number of likely N-dealkylation sites (N-methyl/N-ethyl adjacent to an activating group) is 1. The van der Waals surface area contributed by atoms with Gasteiger partial charge < -0.3 is 4.90 Å². The molecule has 0 spiro atoms. The maximum Gasteiger partial charge on any atom is 0.229 e. The van der Waals surface area contributed by atoms with Gasteiger partial charge >= 0.3 is 0 Å². The molecule has 0 unspecified atom stereocenters. The Morgan fingerprint density at radius 3 is 2.29 bits per heavy atom. The average molecular weight is 218 g/mol. The van der Waals surface area contributed by atoms with E-state index in [1.807, 2.05) is 27.7 Å². The van der Waals surface area contributed by atoms with Gasteiger partial charge in [0.1, 0.15) is 0 Å². The first kappa shape index (κ1) is 13.5. The number of alkyl halides is 1. The lowest BCUT2D eigenvalue weighted by Gasteiger charge is -2.29. The lowest BCUT2D eigenvalue weighted by molar-refractivity contribution is -0.138. The Bertz CT molecular complexity index is 223. The van der Waals surface area contributed by atoms with Gasteiger partial charge in [-0.05, 0) is 27.7 Å². The maximum atomic E-state index is 12.0. The predicted molar refractivity (Wildman–Crippen MR) is 61.6 cm³/mol. The molecule has 0 aliphatic heterocycles. The molecule has 0 aromatic rings. The SMILES string of the molecule is C=C(C)CN(CC)C(=O)C(C)(C)CCl. The van der Waals surface area contributed by atoms with Crippen LogP contribution in [0, 0.1) is 5.41 Å². The average Bonchev–Trinajstić information content (AvgIpc) is 2.12. The fraction of sp³-hybridized carbons (Fsp3) is 0.727. The summed E-state index contributed by atoms with van der Waals surface area (Å²) in [4.78, 5) is 13.7. The summed E-state index contributed by atoms with van der Waals surface area (Å²) in [5.74, 6) is 0.441. The second-order valence-corrected chi connectivity index (χ2v) is 4.56. The molecule has 0 rings (SSSR count). The summed E-state index contributed by atoms with van der Waals surface area (Å²) in [5.41, 5.74) is 0.512. The summed E-state index contributed by atoms with van der Waals surface area (Å²) in [6.07, 6.45) is 0. The van der Waals surface area contributed by atoms with Crippen molar-refractivity contribution in [3.8, 4) is 0 Å². The minimum Gasteiger partial charge on any atom is -0.339 e. The number of carbonyl (C=O) groups excluding carboxylic acids is 1. The molecule has 3 heteroatoms. The number of hydrogen-bond acceptors (Lipinski definition) is 1. The van der Waals surface area contributed by atoms with Crippen molar-refractivity contribution in [2.24, 2.45) is 5.41 Å². The molecule has 82 valence electrons. The molecule has 0 N–H and O–H groups in total. The van der Waals surface area contributed by atoms with Crippen LogP contribution >= 0.6 is 11.6 Å². The van der Waals surface area contributed by atoms with Gasteiger partial charge in [-0.1, -0.05) is 12.2 Å². The Hall–Kier alpha value is -0.500. The van der Waals surface area contributed by atoms with Crippen molar-refractivity contribution in [3.05, 3.63) is 12.2 Å². The highest BCUT2D eigenvalue weighted by Crippen LogP contribution is 2.20. The quantitative estimate of drug-likeness (QED) is 0.512. The van der Waals surface area contributed by atoms with E-state index in [1.165, 1.54) is 0 Å². The Morgan fingerprint density at radius 1 is 1.50 bits per heavy atom. The molecule has 0 saturated carbocycles. The molecule has 0 fully saturated rings. The van der Waals surface area contributed by atoms with E-state index in [-0.39, 0.29) is 5.91 Å². The summed E-state index contributed by atoms with van der Waals surface area (Å²) in [5, 5.41) is 0. The van der Waals surface area contributed by atoms with Crippen LogP contribution < -0.4 is 0 Å². The smallest absolute Gasteiger partial charge is 0.229 e. The molecule has 14 heavy (non-hydrogen) atoms. The number of amides is 1. The highest BCUT2D eigenvalue weighted by atomic mass is 35.5. The Labute approximate surface area is 91.9 Å². The van der Waals surface area contributed by atoms with Gasteiger partial charge in [-0.3, -0.25) is 4.79 Å². The second kappa shape index (κ2) is 5.40. The lowest BCUT2D eigenvalue weighted by atomic mass is 9.94. The summed E-state index contributed by atoms with van der Waals surface area (Å²) < 4.78 is 0. The van der Waals surface area contributed by atoms with Crippen molar-refractivity contribution in [2.75, 3.05) is 19.0 Å². The van der Waals surface area contributed by atoms with Crippen LogP contribution in [0.5, 0.6) is 0 Å². The summed E-state index contributed by atoms with van der Waals surface area (Å²) >= 11 is 5.76. The monoisotopic (exact) mass is 217 g/mol. The van der Waals surface area contributed by atoms with E-state index in [0.29, 0.717) is 19.0 Å². The molecule has 0 radical (unpaired) electrons. The van der Waals surface area contributed by atoms with Crippen LogP contribution in [-0.2, 0) is 4.79 Å². The first-order valence-electron chi connectivity index (χ1n) is 4.85. The van der Waals surface area contributed by atoms with Gasteiger partial charge in [0.15, 0.2) is 0 Å². The number of nitrogens with zero attached hydrogens (tertiary/aromatic N) is 1. The molecule has 0 saturated heterocycles. The normalized spacial score (nSPS) is 11.2. The highest BCUT2D eigenvalue weighted by Gasteiger charge is 2.30. The van der Waals surface area contributed by atoms with Gasteiger partial charge in [0.05, 0.1) is 5.41 Å². The van der Waals surface area contributed by atoms with Crippen LogP contribution in [0.15, 0.2) is 12.2 Å². The zero-order valence-corrected chi connectivity index (χ0v) is 10.3. The van der Waals surface area contributed by atoms with E-state index < -0.39 is 5.41 Å². The van der Waals surface area contributed by atoms with Crippen molar-refractivity contribution in [1.29, 1.82) is 0 Å². The third-order valence-corrected chi connectivity index (χ3v) is 2.71. The number of halogens is 1. The van der Waals surface area contributed by atoms with Gasteiger partial charge in [-0.2, -0.15) is 0 Å². The predicted octanol–water partition coefficient (Wildman–Crippen LogP) is 2.68. The van der Waals surface area contributed by atoms with Crippen LogP contribution in [-0.4, -0.2) is 29.8 Å². The topological polar surface area (TPSA) is 20.3 Å². The first-order chi connectivity index (χ1) is 6.35. The molecule has 0 aliphatic carbocycles. The van der Waals surface area contributed by atoms with Crippen molar-refractivity contribution in [3.63, 3.8) is 0 Å². The van der Waals surface area contributed by atoms with E-state index in [2.05, 4.69) is 6.58 Å². The summed E-state index contributed by atoms with van der Waals surface area (Å²) in [7, 11) is 0.